The van der Waals surface area contributed by atoms with Crippen LogP contribution in [0, 0.1) is 0 Å². The molecule has 6 heteroatoms. The van der Waals surface area contributed by atoms with Gasteiger partial charge in [-0.3, -0.25) is 4.79 Å². The first-order valence-corrected chi connectivity index (χ1v) is 6.25. The average molecular weight is 300 g/mol. The van der Waals surface area contributed by atoms with Crippen LogP contribution < -0.4 is 5.73 Å². The topological polar surface area (TPSA) is 79.5 Å². The minimum atomic E-state index is -0.436. The third kappa shape index (κ3) is 2.76. The number of carbonyl (C=O) groups is 1. The third-order valence-electron chi connectivity index (χ3n) is 2.80. The lowest BCUT2D eigenvalue weighted by Gasteiger charge is -2.30. The summed E-state index contributed by atoms with van der Waals surface area (Å²) in [6.07, 6.45) is 2.68. The van der Waals surface area contributed by atoms with E-state index in [-0.39, 0.29) is 11.7 Å². The molecule has 0 radical (unpaired) electrons. The van der Waals surface area contributed by atoms with Gasteiger partial charge < -0.3 is 15.7 Å². The molecule has 1 aromatic heterocycles. The first kappa shape index (κ1) is 12.3. The van der Waals surface area contributed by atoms with Gasteiger partial charge in [0, 0.05) is 23.8 Å². The first-order valence-electron chi connectivity index (χ1n) is 5.46. The molecule has 5 nitrogen and oxygen atoms in total. The zero-order valence-electron chi connectivity index (χ0n) is 9.27. The zero-order valence-corrected chi connectivity index (χ0v) is 10.9. The van der Waals surface area contributed by atoms with Crippen LogP contribution in [0.1, 0.15) is 23.2 Å². The maximum atomic E-state index is 12.2. The first-order chi connectivity index (χ1) is 8.08. The van der Waals surface area contributed by atoms with Gasteiger partial charge in [-0.1, -0.05) is 0 Å². The van der Waals surface area contributed by atoms with E-state index in [0.29, 0.717) is 23.1 Å². The van der Waals surface area contributed by atoms with Crippen LogP contribution in [0.3, 0.4) is 0 Å². The van der Waals surface area contributed by atoms with Crippen LogP contribution in [0.25, 0.3) is 0 Å². The Bertz CT molecular complexity index is 439. The minimum absolute atomic E-state index is 0.171. The van der Waals surface area contributed by atoms with Gasteiger partial charge in [0.25, 0.3) is 5.91 Å². The number of aromatic nitrogens is 1. The highest BCUT2D eigenvalue weighted by atomic mass is 79.9. The third-order valence-corrected chi connectivity index (χ3v) is 3.23. The normalized spacial score (nSPS) is 20.4. The van der Waals surface area contributed by atoms with Crippen molar-refractivity contribution >= 4 is 27.7 Å². The number of pyridine rings is 1. The van der Waals surface area contributed by atoms with Crippen LogP contribution in [0.2, 0.25) is 0 Å². The lowest BCUT2D eigenvalue weighted by atomic mass is 10.1. The van der Waals surface area contributed by atoms with Crippen LogP contribution in [0.4, 0.5) is 5.82 Å². The van der Waals surface area contributed by atoms with E-state index in [1.165, 1.54) is 0 Å². The van der Waals surface area contributed by atoms with Crippen molar-refractivity contribution in [3.63, 3.8) is 0 Å². The van der Waals surface area contributed by atoms with Gasteiger partial charge in [0.2, 0.25) is 0 Å². The number of β-amino-alcohol motifs (C(OH)–C–C–N with tert-alkyl or cyclic N) is 1. The Balaban J connectivity index is 2.21. The molecule has 0 bridgehead atoms. The van der Waals surface area contributed by atoms with E-state index >= 15 is 0 Å². The Kier molecular flexibility index (Phi) is 3.63. The number of hydrogen-bond donors (Lipinski definition) is 2. The molecule has 1 fully saturated rings. The minimum Gasteiger partial charge on any atom is -0.391 e. The Hall–Kier alpha value is -1.14. The predicted molar refractivity (Wildman–Crippen MR) is 67.5 cm³/mol. The number of carbonyl (C=O) groups excluding carboxylic acids is 1. The highest BCUT2D eigenvalue weighted by Crippen LogP contribution is 2.19. The van der Waals surface area contributed by atoms with E-state index in [1.54, 1.807) is 17.2 Å². The number of aliphatic hydroxyl groups excluding tert-OH is 1. The molecule has 0 aliphatic carbocycles. The zero-order chi connectivity index (χ0) is 12.4. The van der Waals surface area contributed by atoms with Crippen LogP contribution in [0.15, 0.2) is 16.7 Å². The number of halogens is 1. The molecule has 3 N–H and O–H groups in total. The summed E-state index contributed by atoms with van der Waals surface area (Å²) in [6.45, 7) is 1.02. The van der Waals surface area contributed by atoms with Crippen LogP contribution in [0.5, 0.6) is 0 Å². The van der Waals surface area contributed by atoms with Crippen molar-refractivity contribution in [1.29, 1.82) is 0 Å². The van der Waals surface area contributed by atoms with Crippen molar-refractivity contribution in [2.75, 3.05) is 18.8 Å². The summed E-state index contributed by atoms with van der Waals surface area (Å²) in [5.74, 6) is 0.0494. The molecule has 1 saturated heterocycles. The molecular weight excluding hydrogens is 286 g/mol. The van der Waals surface area contributed by atoms with Crippen LogP contribution in [-0.4, -0.2) is 40.1 Å². The fraction of sp³-hybridized carbons (Fsp3) is 0.455. The Labute approximate surface area is 108 Å². The van der Waals surface area contributed by atoms with Gasteiger partial charge in [-0.2, -0.15) is 0 Å². The van der Waals surface area contributed by atoms with E-state index in [2.05, 4.69) is 20.9 Å². The molecule has 2 heterocycles. The Morgan fingerprint density at radius 2 is 2.41 bits per heavy atom. The molecule has 1 aliphatic rings. The number of hydrogen-bond acceptors (Lipinski definition) is 4. The van der Waals surface area contributed by atoms with Gasteiger partial charge in [0.1, 0.15) is 5.82 Å². The molecular formula is C11H14BrN3O2. The number of likely N-dealkylation sites (tertiary alicyclic amines) is 1. The van der Waals surface area contributed by atoms with E-state index in [1.807, 2.05) is 0 Å². The van der Waals surface area contributed by atoms with E-state index in [4.69, 9.17) is 5.73 Å². The summed E-state index contributed by atoms with van der Waals surface area (Å²) in [7, 11) is 0. The van der Waals surface area contributed by atoms with Crippen molar-refractivity contribution < 1.29 is 9.90 Å². The molecule has 2 rings (SSSR count). The van der Waals surface area contributed by atoms with Gasteiger partial charge in [-0.25, -0.2) is 4.98 Å². The predicted octanol–water partition coefficient (Wildman–Crippen LogP) is 1.02. The second kappa shape index (κ2) is 5.01. The van der Waals surface area contributed by atoms with Crippen LogP contribution >= 0.6 is 15.9 Å². The number of nitrogen functional groups attached to an aromatic ring is 1. The number of nitrogens with two attached hydrogens (primary N) is 1. The van der Waals surface area contributed by atoms with Crippen LogP contribution in [-0.2, 0) is 0 Å². The molecule has 0 spiro atoms. The van der Waals surface area contributed by atoms with Gasteiger partial charge in [0.05, 0.1) is 11.7 Å². The summed E-state index contributed by atoms with van der Waals surface area (Å²) in [4.78, 5) is 17.7. The van der Waals surface area contributed by atoms with Gasteiger partial charge >= 0.3 is 0 Å². The monoisotopic (exact) mass is 299 g/mol. The van der Waals surface area contributed by atoms with Crippen molar-refractivity contribution in [2.24, 2.45) is 0 Å². The van der Waals surface area contributed by atoms with Crippen molar-refractivity contribution in [1.82, 2.24) is 9.88 Å². The molecule has 17 heavy (non-hydrogen) atoms. The molecule has 1 atom stereocenters. The molecule has 0 saturated carbocycles. The lowest BCUT2D eigenvalue weighted by Crippen LogP contribution is -2.42. The Morgan fingerprint density at radius 3 is 3.12 bits per heavy atom. The summed E-state index contributed by atoms with van der Waals surface area (Å²) >= 11 is 3.26. The number of aliphatic hydroxyl groups is 1. The molecule has 92 valence electrons. The lowest BCUT2D eigenvalue weighted by molar-refractivity contribution is 0.0474. The van der Waals surface area contributed by atoms with Crippen molar-refractivity contribution in [3.8, 4) is 0 Å². The summed E-state index contributed by atoms with van der Waals surface area (Å²) in [5, 5.41) is 9.55. The van der Waals surface area contributed by atoms with Gasteiger partial charge in [-0.05, 0) is 34.8 Å². The number of amides is 1. The molecule has 1 aliphatic heterocycles. The average Bonchev–Trinajstić information content (AvgIpc) is 2.31. The number of rotatable bonds is 1. The van der Waals surface area contributed by atoms with E-state index < -0.39 is 6.10 Å². The second-order valence-corrected chi connectivity index (χ2v) is 5.05. The smallest absolute Gasteiger partial charge is 0.257 e. The van der Waals surface area contributed by atoms with Crippen molar-refractivity contribution in [3.05, 3.63) is 22.3 Å². The number of anilines is 1. The van der Waals surface area contributed by atoms with E-state index in [0.717, 1.165) is 12.8 Å². The fourth-order valence-corrected chi connectivity index (χ4v) is 2.26. The maximum Gasteiger partial charge on any atom is 0.257 e. The second-order valence-electron chi connectivity index (χ2n) is 4.13. The summed E-state index contributed by atoms with van der Waals surface area (Å²) in [6, 6.07) is 1.66. The quantitative estimate of drug-likeness (QED) is 0.811. The SMILES string of the molecule is Nc1ncc(Br)cc1C(=O)N1CCCC(O)C1. The molecule has 1 unspecified atom stereocenters. The standard InChI is InChI=1S/C11H14BrN3O2/c12-7-4-9(10(13)14-5-7)11(17)15-3-1-2-8(16)6-15/h4-5,8,16H,1-3,6H2,(H2,13,14). The maximum absolute atomic E-state index is 12.2. The van der Waals surface area contributed by atoms with Crippen molar-refractivity contribution in [2.45, 2.75) is 18.9 Å². The summed E-state index contributed by atoms with van der Waals surface area (Å²) in [5.41, 5.74) is 6.07. The highest BCUT2D eigenvalue weighted by Gasteiger charge is 2.24. The molecule has 0 aromatic carbocycles. The largest absolute Gasteiger partial charge is 0.391 e. The number of nitrogens with zero attached hydrogens (tertiary/aromatic N) is 2. The molecule has 1 aromatic rings. The molecule has 1 amide bonds. The highest BCUT2D eigenvalue weighted by molar-refractivity contribution is 9.10. The Morgan fingerprint density at radius 1 is 1.65 bits per heavy atom. The van der Waals surface area contributed by atoms with Gasteiger partial charge in [0.15, 0.2) is 0 Å². The summed E-state index contributed by atoms with van der Waals surface area (Å²) < 4.78 is 0.715. The van der Waals surface area contributed by atoms with E-state index in [9.17, 15) is 9.90 Å². The van der Waals surface area contributed by atoms with Gasteiger partial charge in [-0.15, -0.1) is 0 Å². The number of piperidine rings is 1. The fourth-order valence-electron chi connectivity index (χ4n) is 1.93.